The maximum atomic E-state index is 12.3. The summed E-state index contributed by atoms with van der Waals surface area (Å²) in [6.45, 7) is 0. The van der Waals surface area contributed by atoms with E-state index in [1.807, 2.05) is 47.0 Å². The van der Waals surface area contributed by atoms with Crippen molar-refractivity contribution in [1.29, 1.82) is 0 Å². The quantitative estimate of drug-likeness (QED) is 0.188. The smallest absolute Gasteiger partial charge is 0.250 e. The number of nitrogens with one attached hydrogen (secondary N) is 1. The van der Waals surface area contributed by atoms with Gasteiger partial charge in [-0.15, -0.1) is 10.2 Å². The van der Waals surface area contributed by atoms with Crippen molar-refractivity contribution >= 4 is 51.4 Å². The lowest BCUT2D eigenvalue weighted by molar-refractivity contribution is -0.118. The maximum Gasteiger partial charge on any atom is 0.250 e. The van der Waals surface area contributed by atoms with Gasteiger partial charge < -0.3 is 5.11 Å². The summed E-state index contributed by atoms with van der Waals surface area (Å²) in [6, 6.07) is 22.0. The van der Waals surface area contributed by atoms with E-state index in [-0.39, 0.29) is 17.4 Å². The molecule has 0 fully saturated rings. The number of phenolic OH excluding ortho intramolecular Hbond substituents is 1. The Hall–Kier alpha value is -3.14. The summed E-state index contributed by atoms with van der Waals surface area (Å²) in [6.07, 6.45) is 1.38. The predicted octanol–water partition coefficient (Wildman–Crippen LogP) is 5.30. The molecule has 0 aliphatic carbocycles. The van der Waals surface area contributed by atoms with E-state index in [0.29, 0.717) is 21.6 Å². The highest BCUT2D eigenvalue weighted by atomic mass is 79.9. The summed E-state index contributed by atoms with van der Waals surface area (Å²) >= 11 is 10.6. The number of aromatic hydroxyl groups is 1. The Labute approximate surface area is 207 Å². The molecule has 0 atom stereocenters. The first-order valence-electron chi connectivity index (χ1n) is 9.71. The van der Waals surface area contributed by atoms with Crippen molar-refractivity contribution in [2.24, 2.45) is 5.10 Å². The predicted molar refractivity (Wildman–Crippen MR) is 134 cm³/mol. The van der Waals surface area contributed by atoms with Crippen LogP contribution in [0.1, 0.15) is 5.56 Å². The van der Waals surface area contributed by atoms with Crippen molar-refractivity contribution in [2.45, 2.75) is 5.16 Å². The molecule has 1 heterocycles. The van der Waals surface area contributed by atoms with Crippen LogP contribution in [0.5, 0.6) is 5.75 Å². The van der Waals surface area contributed by atoms with Crippen molar-refractivity contribution in [3.05, 3.63) is 87.9 Å². The van der Waals surface area contributed by atoms with Crippen LogP contribution in [0.3, 0.4) is 0 Å². The van der Waals surface area contributed by atoms with Crippen LogP contribution in [0.2, 0.25) is 5.02 Å². The number of amides is 1. The second kappa shape index (κ2) is 10.7. The molecule has 1 aromatic heterocycles. The zero-order chi connectivity index (χ0) is 23.2. The number of para-hydroxylation sites is 1. The number of hydrogen-bond donors (Lipinski definition) is 2. The van der Waals surface area contributed by atoms with Crippen LogP contribution in [0.15, 0.2) is 87.5 Å². The van der Waals surface area contributed by atoms with Crippen LogP contribution in [0, 0.1) is 0 Å². The maximum absolute atomic E-state index is 12.3. The molecule has 0 saturated carbocycles. The first-order chi connectivity index (χ1) is 16.0. The fourth-order valence-electron chi connectivity index (χ4n) is 2.92. The molecule has 7 nitrogen and oxygen atoms in total. The van der Waals surface area contributed by atoms with E-state index in [4.69, 9.17) is 11.6 Å². The summed E-state index contributed by atoms with van der Waals surface area (Å²) in [5, 5.41) is 23.6. The Morgan fingerprint density at radius 1 is 1.12 bits per heavy atom. The van der Waals surface area contributed by atoms with Crippen molar-refractivity contribution in [3.63, 3.8) is 0 Å². The molecular formula is C23H17BrClN5O2S. The number of halogens is 2. The largest absolute Gasteiger partial charge is 0.507 e. The second-order valence-electron chi connectivity index (χ2n) is 6.77. The topological polar surface area (TPSA) is 92.4 Å². The molecule has 2 N–H and O–H groups in total. The van der Waals surface area contributed by atoms with Gasteiger partial charge in [0.1, 0.15) is 5.75 Å². The van der Waals surface area contributed by atoms with Crippen molar-refractivity contribution in [2.75, 3.05) is 5.75 Å². The fraction of sp³-hybridized carbons (Fsp3) is 0.0435. The molecular weight excluding hydrogens is 526 g/mol. The van der Waals surface area contributed by atoms with Gasteiger partial charge in [0.15, 0.2) is 11.0 Å². The lowest BCUT2D eigenvalue weighted by atomic mass is 10.2. The summed E-state index contributed by atoms with van der Waals surface area (Å²) in [5.74, 6) is 0.467. The van der Waals surface area contributed by atoms with Gasteiger partial charge in [0, 0.05) is 26.3 Å². The van der Waals surface area contributed by atoms with Crippen molar-refractivity contribution in [1.82, 2.24) is 20.2 Å². The average molecular weight is 543 g/mol. The molecule has 166 valence electrons. The number of carbonyl (C=O) groups excluding carboxylic acids is 1. The molecule has 33 heavy (non-hydrogen) atoms. The number of hydrazone groups is 1. The third-order valence-electron chi connectivity index (χ3n) is 4.46. The standard InChI is InChI=1S/C23H17BrClN5O2S/c24-17-8-11-20(31)16(12-17)13-26-27-21(32)14-33-23-29-28-22(15-6-9-18(25)10-7-15)30(23)19-4-2-1-3-5-19/h1-13,31H,14H2,(H,27,32)/b26-13-. The Bertz CT molecular complexity index is 1300. The highest BCUT2D eigenvalue weighted by Crippen LogP contribution is 2.28. The Morgan fingerprint density at radius 3 is 2.64 bits per heavy atom. The highest BCUT2D eigenvalue weighted by Gasteiger charge is 2.17. The van der Waals surface area contributed by atoms with Gasteiger partial charge in [0.2, 0.25) is 0 Å². The molecule has 1 amide bonds. The SMILES string of the molecule is O=C(CSc1nnc(-c2ccc(Cl)cc2)n1-c1ccccc1)N/N=C\c1cc(Br)ccc1O. The van der Waals surface area contributed by atoms with Gasteiger partial charge in [-0.3, -0.25) is 9.36 Å². The van der Waals surface area contributed by atoms with Crippen LogP contribution in [0.4, 0.5) is 0 Å². The lowest BCUT2D eigenvalue weighted by Crippen LogP contribution is -2.20. The third-order valence-corrected chi connectivity index (χ3v) is 6.14. The summed E-state index contributed by atoms with van der Waals surface area (Å²) in [5.41, 5.74) is 4.67. The number of carbonyl (C=O) groups is 1. The van der Waals surface area contributed by atoms with Gasteiger partial charge >= 0.3 is 0 Å². The molecule has 10 heteroatoms. The number of hydrogen-bond acceptors (Lipinski definition) is 6. The molecule has 0 spiro atoms. The third kappa shape index (κ3) is 5.81. The minimum atomic E-state index is -0.318. The zero-order valence-electron chi connectivity index (χ0n) is 17.0. The van der Waals surface area contributed by atoms with Crippen LogP contribution in [0.25, 0.3) is 17.1 Å². The average Bonchev–Trinajstić information content (AvgIpc) is 3.25. The van der Waals surface area contributed by atoms with E-state index >= 15 is 0 Å². The minimum absolute atomic E-state index is 0.0660. The molecule has 3 aromatic carbocycles. The van der Waals surface area contributed by atoms with Crippen molar-refractivity contribution in [3.8, 4) is 22.8 Å². The van der Waals surface area contributed by atoms with E-state index in [2.05, 4.69) is 36.7 Å². The first-order valence-corrected chi connectivity index (χ1v) is 11.9. The van der Waals surface area contributed by atoms with Crippen LogP contribution < -0.4 is 5.43 Å². The molecule has 0 aliphatic rings. The number of phenols is 1. The molecule has 0 aliphatic heterocycles. The number of nitrogens with zero attached hydrogens (tertiary/aromatic N) is 4. The van der Waals surface area contributed by atoms with E-state index in [0.717, 1.165) is 15.7 Å². The summed E-state index contributed by atoms with van der Waals surface area (Å²) in [7, 11) is 0. The Morgan fingerprint density at radius 2 is 1.88 bits per heavy atom. The molecule has 0 unspecified atom stereocenters. The number of thioether (sulfide) groups is 1. The second-order valence-corrected chi connectivity index (χ2v) is 9.06. The summed E-state index contributed by atoms with van der Waals surface area (Å²) < 4.78 is 2.68. The Balaban J connectivity index is 1.50. The number of rotatable bonds is 7. The summed E-state index contributed by atoms with van der Waals surface area (Å²) in [4.78, 5) is 12.3. The fourth-order valence-corrected chi connectivity index (χ4v) is 4.17. The number of benzene rings is 3. The van der Waals surface area contributed by atoms with Crippen molar-refractivity contribution < 1.29 is 9.90 Å². The molecule has 0 bridgehead atoms. The van der Waals surface area contributed by atoms with E-state index in [1.165, 1.54) is 24.0 Å². The van der Waals surface area contributed by atoms with Crippen LogP contribution in [-0.4, -0.2) is 37.7 Å². The molecule has 4 rings (SSSR count). The van der Waals surface area contributed by atoms with E-state index in [9.17, 15) is 9.90 Å². The highest BCUT2D eigenvalue weighted by molar-refractivity contribution is 9.10. The normalized spacial score (nSPS) is 11.1. The van der Waals surface area contributed by atoms with E-state index in [1.54, 1.807) is 24.3 Å². The van der Waals surface area contributed by atoms with Gasteiger partial charge in [-0.05, 0) is 54.6 Å². The minimum Gasteiger partial charge on any atom is -0.507 e. The molecule has 0 radical (unpaired) electrons. The van der Waals surface area contributed by atoms with Gasteiger partial charge in [-0.25, -0.2) is 5.43 Å². The monoisotopic (exact) mass is 541 g/mol. The van der Waals surface area contributed by atoms with Crippen LogP contribution in [-0.2, 0) is 4.79 Å². The lowest BCUT2D eigenvalue weighted by Gasteiger charge is -2.10. The first kappa shape index (κ1) is 23.0. The zero-order valence-corrected chi connectivity index (χ0v) is 20.2. The van der Waals surface area contributed by atoms with Gasteiger partial charge in [0.25, 0.3) is 5.91 Å². The molecule has 0 saturated heterocycles. The van der Waals surface area contributed by atoms with Gasteiger partial charge in [-0.1, -0.05) is 57.5 Å². The molecule has 4 aromatic rings. The Kier molecular flexibility index (Phi) is 7.43. The van der Waals surface area contributed by atoms with Gasteiger partial charge in [-0.2, -0.15) is 5.10 Å². The van der Waals surface area contributed by atoms with E-state index < -0.39 is 0 Å². The number of aromatic nitrogens is 3. The van der Waals surface area contributed by atoms with Crippen LogP contribution >= 0.6 is 39.3 Å². The van der Waals surface area contributed by atoms with Gasteiger partial charge in [0.05, 0.1) is 12.0 Å².